The number of amides is 1. The number of ether oxygens (including phenoxy) is 1. The zero-order valence-electron chi connectivity index (χ0n) is 19.4. The largest absolute Gasteiger partial charge is 0.497 e. The van der Waals surface area contributed by atoms with E-state index in [1.54, 1.807) is 24.3 Å². The highest BCUT2D eigenvalue weighted by Gasteiger charge is 2.50. The predicted molar refractivity (Wildman–Crippen MR) is 123 cm³/mol. The Bertz CT molecular complexity index is 1250. The van der Waals surface area contributed by atoms with Gasteiger partial charge in [0.1, 0.15) is 5.75 Å². The molecular formula is C26H27F3N4O2. The quantitative estimate of drug-likeness (QED) is 0.529. The summed E-state index contributed by atoms with van der Waals surface area (Å²) in [5.74, 6) is 2.40. The SMILES string of the molecule is COc1ccc(-c2cc(C(F)(F)F)n3nc(C(=O)NCC45CC6CC(CC(C6)C4)C5)cc3n2)cc1. The number of nitrogens with zero attached hydrogens (tertiary/aromatic N) is 3. The number of alkyl halides is 3. The molecule has 4 aliphatic rings. The van der Waals surface area contributed by atoms with Crippen molar-refractivity contribution in [2.75, 3.05) is 13.7 Å². The average Bonchev–Trinajstić information content (AvgIpc) is 3.25. The van der Waals surface area contributed by atoms with E-state index in [-0.39, 0.29) is 22.5 Å². The molecule has 6 nitrogen and oxygen atoms in total. The highest BCUT2D eigenvalue weighted by atomic mass is 19.4. The Kier molecular flexibility index (Phi) is 5.09. The molecule has 4 aliphatic carbocycles. The lowest BCUT2D eigenvalue weighted by Crippen LogP contribution is -2.51. The van der Waals surface area contributed by atoms with Crippen LogP contribution in [0.5, 0.6) is 5.75 Å². The lowest BCUT2D eigenvalue weighted by atomic mass is 9.49. The van der Waals surface area contributed by atoms with Gasteiger partial charge in [-0.1, -0.05) is 0 Å². The Hall–Kier alpha value is -3.10. The average molecular weight is 485 g/mol. The van der Waals surface area contributed by atoms with Gasteiger partial charge in [0.15, 0.2) is 17.0 Å². The van der Waals surface area contributed by atoms with Crippen LogP contribution in [-0.4, -0.2) is 34.2 Å². The molecule has 3 aromatic rings. The van der Waals surface area contributed by atoms with Crippen LogP contribution in [0.1, 0.15) is 54.7 Å². The van der Waals surface area contributed by atoms with Crippen LogP contribution >= 0.6 is 0 Å². The molecule has 0 atom stereocenters. The van der Waals surface area contributed by atoms with E-state index >= 15 is 0 Å². The molecule has 2 aromatic heterocycles. The number of aromatic nitrogens is 3. The van der Waals surface area contributed by atoms with E-state index in [2.05, 4.69) is 15.4 Å². The van der Waals surface area contributed by atoms with Crippen molar-refractivity contribution in [3.05, 3.63) is 47.8 Å². The highest BCUT2D eigenvalue weighted by Crippen LogP contribution is 2.59. The van der Waals surface area contributed by atoms with Crippen molar-refractivity contribution in [3.63, 3.8) is 0 Å². The third kappa shape index (κ3) is 4.04. The van der Waals surface area contributed by atoms with Crippen molar-refractivity contribution >= 4 is 11.6 Å². The second kappa shape index (κ2) is 7.96. The lowest BCUT2D eigenvalue weighted by molar-refractivity contribution is -0.142. The summed E-state index contributed by atoms with van der Waals surface area (Å²) in [4.78, 5) is 17.4. The molecule has 0 radical (unpaired) electrons. The zero-order chi connectivity index (χ0) is 24.4. The molecule has 0 unspecified atom stereocenters. The molecular weight excluding hydrogens is 457 g/mol. The molecule has 4 fully saturated rings. The molecule has 0 saturated heterocycles. The monoisotopic (exact) mass is 484 g/mol. The summed E-state index contributed by atoms with van der Waals surface area (Å²) in [7, 11) is 1.52. The standard InChI is InChI=1S/C26H27F3N4O2/c1-35-19-4-2-18(3-5-19)20-9-22(26(27,28)29)33-23(31-20)10-21(32-33)24(34)30-14-25-11-15-6-16(12-25)8-17(7-15)13-25/h2-5,9-10,15-17H,6-8,11-14H2,1H3,(H,30,34). The van der Waals surface area contributed by atoms with Crippen LogP contribution in [0.3, 0.4) is 0 Å². The molecule has 9 heteroatoms. The normalized spacial score (nSPS) is 27.4. The Labute approximate surface area is 200 Å². The number of methoxy groups -OCH3 is 1. The summed E-state index contributed by atoms with van der Waals surface area (Å²) in [5, 5.41) is 7.00. The minimum Gasteiger partial charge on any atom is -0.497 e. The highest BCUT2D eigenvalue weighted by molar-refractivity contribution is 5.93. The van der Waals surface area contributed by atoms with Crippen molar-refractivity contribution in [2.24, 2.45) is 23.2 Å². The van der Waals surface area contributed by atoms with E-state index in [4.69, 9.17) is 4.74 Å². The van der Waals surface area contributed by atoms with Gasteiger partial charge in [0.2, 0.25) is 0 Å². The molecule has 1 aromatic carbocycles. The van der Waals surface area contributed by atoms with E-state index in [1.807, 2.05) is 0 Å². The van der Waals surface area contributed by atoms with Crippen LogP contribution in [0.2, 0.25) is 0 Å². The van der Waals surface area contributed by atoms with Crippen LogP contribution < -0.4 is 10.1 Å². The maximum Gasteiger partial charge on any atom is 0.433 e. The smallest absolute Gasteiger partial charge is 0.433 e. The fraction of sp³-hybridized carbons (Fsp3) is 0.500. The van der Waals surface area contributed by atoms with Crippen LogP contribution in [0.15, 0.2) is 36.4 Å². The molecule has 1 amide bonds. The molecule has 2 heterocycles. The van der Waals surface area contributed by atoms with E-state index in [1.165, 1.54) is 32.4 Å². The first-order valence-electron chi connectivity index (χ1n) is 12.1. The first-order chi connectivity index (χ1) is 16.7. The Morgan fingerprint density at radius 1 is 1.09 bits per heavy atom. The summed E-state index contributed by atoms with van der Waals surface area (Å²) in [6.07, 6.45) is 2.66. The van der Waals surface area contributed by atoms with Gasteiger partial charge in [-0.25, -0.2) is 9.50 Å². The third-order valence-corrected chi connectivity index (χ3v) is 8.13. The van der Waals surface area contributed by atoms with Gasteiger partial charge >= 0.3 is 6.18 Å². The number of rotatable bonds is 5. The molecule has 0 spiro atoms. The lowest BCUT2D eigenvalue weighted by Gasteiger charge is -2.56. The van der Waals surface area contributed by atoms with Crippen molar-refractivity contribution in [1.29, 1.82) is 0 Å². The van der Waals surface area contributed by atoms with Crippen molar-refractivity contribution < 1.29 is 22.7 Å². The molecule has 0 aliphatic heterocycles. The molecule has 184 valence electrons. The van der Waals surface area contributed by atoms with Gasteiger partial charge in [0.25, 0.3) is 5.91 Å². The topological polar surface area (TPSA) is 68.5 Å². The van der Waals surface area contributed by atoms with Gasteiger partial charge in [-0.15, -0.1) is 0 Å². The Morgan fingerprint density at radius 2 is 1.71 bits per heavy atom. The van der Waals surface area contributed by atoms with Crippen LogP contribution in [0, 0.1) is 23.2 Å². The number of carbonyl (C=O) groups excluding carboxylic acids is 1. The van der Waals surface area contributed by atoms with Crippen LogP contribution in [-0.2, 0) is 6.18 Å². The van der Waals surface area contributed by atoms with Gasteiger partial charge in [-0.2, -0.15) is 18.3 Å². The first kappa shape index (κ1) is 22.4. The van der Waals surface area contributed by atoms with Gasteiger partial charge in [-0.05, 0) is 92.0 Å². The van der Waals surface area contributed by atoms with Gasteiger partial charge in [0.05, 0.1) is 12.8 Å². The predicted octanol–water partition coefficient (Wildman–Crippen LogP) is 5.37. The van der Waals surface area contributed by atoms with Crippen LogP contribution in [0.4, 0.5) is 13.2 Å². The molecule has 35 heavy (non-hydrogen) atoms. The number of benzene rings is 1. The second-order valence-corrected chi connectivity index (χ2v) is 10.7. The van der Waals surface area contributed by atoms with Crippen LogP contribution in [0.25, 0.3) is 16.9 Å². The van der Waals surface area contributed by atoms with Gasteiger partial charge in [0, 0.05) is 18.2 Å². The Morgan fingerprint density at radius 3 is 2.29 bits per heavy atom. The van der Waals surface area contributed by atoms with E-state index < -0.39 is 17.8 Å². The fourth-order valence-electron chi connectivity index (χ4n) is 7.06. The summed E-state index contributed by atoms with van der Waals surface area (Å²) in [6.45, 7) is 0.555. The van der Waals surface area contributed by atoms with E-state index in [9.17, 15) is 18.0 Å². The number of halogens is 3. The van der Waals surface area contributed by atoms with Gasteiger partial charge in [-0.3, -0.25) is 4.79 Å². The molecule has 7 rings (SSSR count). The number of hydrogen-bond acceptors (Lipinski definition) is 4. The maximum atomic E-state index is 13.9. The van der Waals surface area contributed by atoms with Gasteiger partial charge < -0.3 is 10.1 Å². The summed E-state index contributed by atoms with van der Waals surface area (Å²) in [6, 6.07) is 8.90. The fourth-order valence-corrected chi connectivity index (χ4v) is 7.06. The molecule has 1 N–H and O–H groups in total. The third-order valence-electron chi connectivity index (χ3n) is 8.13. The number of nitrogens with one attached hydrogen (secondary N) is 1. The molecule has 4 bridgehead atoms. The number of hydrogen-bond donors (Lipinski definition) is 1. The summed E-state index contributed by atoms with van der Waals surface area (Å²) < 4.78 is 47.6. The van der Waals surface area contributed by atoms with E-state index in [0.29, 0.717) is 22.4 Å². The van der Waals surface area contributed by atoms with Crippen molar-refractivity contribution in [3.8, 4) is 17.0 Å². The van der Waals surface area contributed by atoms with Crippen molar-refractivity contribution in [2.45, 2.75) is 44.7 Å². The number of fused-ring (bicyclic) bond motifs is 1. The first-order valence-corrected chi connectivity index (χ1v) is 12.1. The van der Waals surface area contributed by atoms with Crippen molar-refractivity contribution in [1.82, 2.24) is 19.9 Å². The summed E-state index contributed by atoms with van der Waals surface area (Å²) in [5.41, 5.74) is -0.278. The second-order valence-electron chi connectivity index (χ2n) is 10.7. The Balaban J connectivity index is 1.28. The number of carbonyl (C=O) groups is 1. The minimum atomic E-state index is -4.67. The van der Waals surface area contributed by atoms with E-state index in [0.717, 1.165) is 43.1 Å². The maximum absolute atomic E-state index is 13.9. The molecule has 4 saturated carbocycles. The summed E-state index contributed by atoms with van der Waals surface area (Å²) >= 11 is 0. The minimum absolute atomic E-state index is 0.0226. The zero-order valence-corrected chi connectivity index (χ0v) is 19.4.